The highest BCUT2D eigenvalue weighted by molar-refractivity contribution is 5.84. The van der Waals surface area contributed by atoms with E-state index < -0.39 is 11.4 Å². The first-order chi connectivity index (χ1) is 12.9. The maximum absolute atomic E-state index is 13.1. The lowest BCUT2D eigenvalue weighted by Crippen LogP contribution is -2.32. The van der Waals surface area contributed by atoms with Gasteiger partial charge >= 0.3 is 5.97 Å². The van der Waals surface area contributed by atoms with Crippen molar-refractivity contribution in [2.24, 2.45) is 5.41 Å². The Morgan fingerprint density at radius 2 is 2.15 bits per heavy atom. The fourth-order valence-corrected chi connectivity index (χ4v) is 3.89. The Bertz CT molecular complexity index is 1080. The van der Waals surface area contributed by atoms with Crippen molar-refractivity contribution >= 4 is 24.2 Å². The fraction of sp³-hybridized carbons (Fsp3) is 0.318. The number of hydrogen-bond donors (Lipinski definition) is 1. The van der Waals surface area contributed by atoms with E-state index in [4.69, 9.17) is 0 Å². The molecule has 1 aliphatic heterocycles. The van der Waals surface area contributed by atoms with Crippen LogP contribution in [0, 0.1) is 19.3 Å². The number of aliphatic carboxylic acids is 1. The number of nitrogens with zero attached hydrogens (tertiary/aromatic N) is 2. The SMILES string of the molecule is CCc1c(/C=C/c2cc(C)ccc2C)nc2n(c1=O)C1CC1(C(=O)O)C=C2. The molecule has 27 heavy (non-hydrogen) atoms. The molecule has 4 rings (SSSR count). The maximum atomic E-state index is 13.1. The van der Waals surface area contributed by atoms with Crippen LogP contribution in [0.4, 0.5) is 0 Å². The van der Waals surface area contributed by atoms with E-state index in [-0.39, 0.29) is 11.6 Å². The van der Waals surface area contributed by atoms with E-state index in [1.807, 2.05) is 26.0 Å². The van der Waals surface area contributed by atoms with Gasteiger partial charge in [0, 0.05) is 5.56 Å². The number of hydrogen-bond acceptors (Lipinski definition) is 3. The van der Waals surface area contributed by atoms with Crippen molar-refractivity contribution in [3.05, 3.63) is 68.4 Å². The van der Waals surface area contributed by atoms with E-state index in [0.29, 0.717) is 29.9 Å². The third-order valence-corrected chi connectivity index (χ3v) is 5.68. The Hall–Kier alpha value is -2.95. The average Bonchev–Trinajstić information content (AvgIpc) is 3.38. The van der Waals surface area contributed by atoms with E-state index in [1.54, 1.807) is 16.7 Å². The first-order valence-electron chi connectivity index (χ1n) is 9.21. The van der Waals surface area contributed by atoms with E-state index in [1.165, 1.54) is 5.56 Å². The summed E-state index contributed by atoms with van der Waals surface area (Å²) in [5.41, 5.74) is 3.66. The zero-order chi connectivity index (χ0) is 19.3. The summed E-state index contributed by atoms with van der Waals surface area (Å²) in [6, 6.07) is 5.93. The molecule has 1 aromatic heterocycles. The summed E-state index contributed by atoms with van der Waals surface area (Å²) in [7, 11) is 0. The minimum atomic E-state index is -0.931. The van der Waals surface area contributed by atoms with Crippen LogP contribution < -0.4 is 5.56 Å². The lowest BCUT2D eigenvalue weighted by molar-refractivity contribution is -0.141. The molecule has 1 aromatic carbocycles. The Kier molecular flexibility index (Phi) is 3.91. The molecule has 2 unspecified atom stereocenters. The van der Waals surface area contributed by atoms with Gasteiger partial charge in [0.05, 0.1) is 11.7 Å². The Morgan fingerprint density at radius 3 is 2.85 bits per heavy atom. The molecule has 0 spiro atoms. The average molecular weight is 362 g/mol. The molecule has 2 aromatic rings. The number of aryl methyl sites for hydroxylation is 2. The fourth-order valence-electron chi connectivity index (χ4n) is 3.89. The van der Waals surface area contributed by atoms with Crippen LogP contribution in [-0.4, -0.2) is 20.6 Å². The summed E-state index contributed by atoms with van der Waals surface area (Å²) in [6.45, 7) is 6.03. The van der Waals surface area contributed by atoms with E-state index in [9.17, 15) is 14.7 Å². The van der Waals surface area contributed by atoms with Crippen LogP contribution in [0.3, 0.4) is 0 Å². The molecule has 0 bridgehead atoms. The molecule has 0 saturated heterocycles. The van der Waals surface area contributed by atoms with Gasteiger partial charge in [0.1, 0.15) is 11.2 Å². The van der Waals surface area contributed by atoms with Gasteiger partial charge in [-0.25, -0.2) is 4.98 Å². The Balaban J connectivity index is 1.80. The lowest BCUT2D eigenvalue weighted by Gasteiger charge is -2.19. The zero-order valence-electron chi connectivity index (χ0n) is 15.7. The van der Waals surface area contributed by atoms with Crippen LogP contribution >= 0.6 is 0 Å². The number of carboxylic acid groups (broad SMARTS) is 1. The summed E-state index contributed by atoms with van der Waals surface area (Å²) in [5, 5.41) is 9.50. The van der Waals surface area contributed by atoms with E-state index in [0.717, 1.165) is 11.1 Å². The zero-order valence-corrected chi connectivity index (χ0v) is 15.7. The number of benzene rings is 1. The van der Waals surface area contributed by atoms with Crippen LogP contribution in [0.1, 0.15) is 53.2 Å². The second-order valence-electron chi connectivity index (χ2n) is 7.45. The van der Waals surface area contributed by atoms with Crippen LogP contribution in [0.15, 0.2) is 29.1 Å². The molecule has 2 aliphatic rings. The molecule has 5 heteroatoms. The molecule has 1 aliphatic carbocycles. The molecular formula is C22H22N2O3. The second-order valence-corrected chi connectivity index (χ2v) is 7.45. The van der Waals surface area contributed by atoms with E-state index in [2.05, 4.69) is 30.1 Å². The van der Waals surface area contributed by atoms with Crippen molar-refractivity contribution in [3.63, 3.8) is 0 Å². The smallest absolute Gasteiger partial charge is 0.315 e. The van der Waals surface area contributed by atoms with Crippen molar-refractivity contribution in [1.82, 2.24) is 9.55 Å². The highest BCUT2D eigenvalue weighted by Crippen LogP contribution is 2.59. The lowest BCUT2D eigenvalue weighted by atomic mass is 10.0. The van der Waals surface area contributed by atoms with Crippen LogP contribution in [-0.2, 0) is 11.2 Å². The number of aromatic nitrogens is 2. The maximum Gasteiger partial charge on any atom is 0.315 e. The van der Waals surface area contributed by atoms with Crippen molar-refractivity contribution in [2.75, 3.05) is 0 Å². The number of carboxylic acids is 1. The van der Waals surface area contributed by atoms with Gasteiger partial charge in [0.25, 0.3) is 5.56 Å². The van der Waals surface area contributed by atoms with Crippen molar-refractivity contribution in [2.45, 2.75) is 39.7 Å². The predicted molar refractivity (Wildman–Crippen MR) is 105 cm³/mol. The normalized spacial score (nSPS) is 22.6. The van der Waals surface area contributed by atoms with Gasteiger partial charge in [0.15, 0.2) is 0 Å². The van der Waals surface area contributed by atoms with Crippen molar-refractivity contribution < 1.29 is 9.90 Å². The third kappa shape index (κ3) is 2.65. The van der Waals surface area contributed by atoms with Gasteiger partial charge in [0.2, 0.25) is 0 Å². The quantitative estimate of drug-likeness (QED) is 0.901. The van der Waals surface area contributed by atoms with Gasteiger partial charge in [-0.1, -0.05) is 42.8 Å². The molecule has 1 saturated carbocycles. The summed E-state index contributed by atoms with van der Waals surface area (Å²) >= 11 is 0. The van der Waals surface area contributed by atoms with Crippen LogP contribution in [0.2, 0.25) is 0 Å². The summed E-state index contributed by atoms with van der Waals surface area (Å²) in [6.07, 6.45) is 8.25. The number of rotatable bonds is 4. The molecular weight excluding hydrogens is 340 g/mol. The van der Waals surface area contributed by atoms with Crippen LogP contribution in [0.5, 0.6) is 0 Å². The molecule has 0 amide bonds. The molecule has 0 radical (unpaired) electrons. The van der Waals surface area contributed by atoms with Crippen molar-refractivity contribution in [3.8, 4) is 0 Å². The van der Waals surface area contributed by atoms with Gasteiger partial charge in [-0.15, -0.1) is 0 Å². The first-order valence-corrected chi connectivity index (χ1v) is 9.21. The monoisotopic (exact) mass is 362 g/mol. The Morgan fingerprint density at radius 1 is 1.37 bits per heavy atom. The number of carbonyl (C=O) groups is 1. The number of fused-ring (bicyclic) bond motifs is 3. The predicted octanol–water partition coefficient (Wildman–Crippen LogP) is 3.64. The standard InChI is InChI=1S/C22H22N2O3/c1-4-16-17(8-7-15-11-13(2)5-6-14(15)3)23-19-9-10-22(21(26)27)12-18(22)24(19)20(16)25/h5-11,18H,4,12H2,1-3H3,(H,26,27)/b8-7+. The second kappa shape index (κ2) is 6.05. The summed E-state index contributed by atoms with van der Waals surface area (Å²) < 4.78 is 1.57. The first kappa shape index (κ1) is 17.5. The topological polar surface area (TPSA) is 72.2 Å². The molecule has 1 N–H and O–H groups in total. The summed E-state index contributed by atoms with van der Waals surface area (Å²) in [5.74, 6) is -0.338. The van der Waals surface area contributed by atoms with Crippen LogP contribution in [0.25, 0.3) is 18.2 Å². The minimum Gasteiger partial charge on any atom is -0.481 e. The molecule has 5 nitrogen and oxygen atoms in total. The van der Waals surface area contributed by atoms with Gasteiger partial charge in [-0.3, -0.25) is 14.2 Å². The minimum absolute atomic E-state index is 0.124. The molecule has 1 fully saturated rings. The third-order valence-electron chi connectivity index (χ3n) is 5.68. The highest BCUT2D eigenvalue weighted by atomic mass is 16.4. The summed E-state index contributed by atoms with van der Waals surface area (Å²) in [4.78, 5) is 29.3. The van der Waals surface area contributed by atoms with Gasteiger partial charge in [-0.05, 0) is 50.0 Å². The van der Waals surface area contributed by atoms with E-state index >= 15 is 0 Å². The molecule has 2 atom stereocenters. The molecule has 2 heterocycles. The Labute approximate surface area is 157 Å². The van der Waals surface area contributed by atoms with Gasteiger partial charge in [-0.2, -0.15) is 0 Å². The molecule has 138 valence electrons. The highest BCUT2D eigenvalue weighted by Gasteiger charge is 2.62. The van der Waals surface area contributed by atoms with Crippen molar-refractivity contribution in [1.29, 1.82) is 0 Å². The largest absolute Gasteiger partial charge is 0.481 e. The van der Waals surface area contributed by atoms with Gasteiger partial charge < -0.3 is 5.11 Å².